The van der Waals surface area contributed by atoms with E-state index in [1.807, 2.05) is 35.7 Å². The maximum absolute atomic E-state index is 12.3. The first-order valence-electron chi connectivity index (χ1n) is 8.45. The van der Waals surface area contributed by atoms with E-state index in [0.29, 0.717) is 5.13 Å². The topological polar surface area (TPSA) is 72.7 Å². The van der Waals surface area contributed by atoms with Crippen LogP contribution in [0, 0.1) is 0 Å². The molecule has 0 spiro atoms. The van der Waals surface area contributed by atoms with Crippen molar-refractivity contribution in [1.82, 2.24) is 19.7 Å². The lowest BCUT2D eigenvalue weighted by atomic mass is 10.2. The number of aryl methyl sites for hydroxylation is 1. The highest BCUT2D eigenvalue weighted by Gasteiger charge is 2.16. The number of thiazole rings is 1. The average Bonchev–Trinajstić information content (AvgIpc) is 3.27. The molecule has 6 nitrogen and oxygen atoms in total. The normalized spacial score (nSPS) is 11.1. The number of aromatic nitrogens is 4. The average molecular weight is 388 g/mol. The third-order valence-corrected chi connectivity index (χ3v) is 5.42. The fourth-order valence-electron chi connectivity index (χ4n) is 2.52. The molecule has 2 aromatic heterocycles. The number of thioether (sulfide) groups is 1. The van der Waals surface area contributed by atoms with E-state index >= 15 is 0 Å². The Kier molecular flexibility index (Phi) is 6.05. The van der Waals surface area contributed by atoms with Crippen molar-refractivity contribution in [3.8, 4) is 11.3 Å². The van der Waals surface area contributed by atoms with Gasteiger partial charge in [-0.1, -0.05) is 49.0 Å². The van der Waals surface area contributed by atoms with Crippen molar-refractivity contribution in [2.75, 3.05) is 11.1 Å². The fourth-order valence-corrected chi connectivity index (χ4v) is 4.15. The predicted octanol–water partition coefficient (Wildman–Crippen LogP) is 4.28. The zero-order valence-corrected chi connectivity index (χ0v) is 16.6. The minimum atomic E-state index is -0.0969. The summed E-state index contributed by atoms with van der Waals surface area (Å²) in [7, 11) is 0. The van der Waals surface area contributed by atoms with Gasteiger partial charge in [-0.25, -0.2) is 4.98 Å². The van der Waals surface area contributed by atoms with Crippen molar-refractivity contribution in [1.29, 1.82) is 0 Å². The van der Waals surface area contributed by atoms with Crippen LogP contribution in [0.3, 0.4) is 0 Å². The van der Waals surface area contributed by atoms with E-state index in [4.69, 9.17) is 0 Å². The number of hydrogen-bond acceptors (Lipinski definition) is 6. The molecular formula is C18H21N5OS2. The van der Waals surface area contributed by atoms with Gasteiger partial charge in [-0.2, -0.15) is 0 Å². The Morgan fingerprint density at radius 3 is 2.73 bits per heavy atom. The zero-order chi connectivity index (χ0) is 18.5. The van der Waals surface area contributed by atoms with Crippen LogP contribution < -0.4 is 5.32 Å². The van der Waals surface area contributed by atoms with Gasteiger partial charge in [0.05, 0.1) is 11.4 Å². The molecule has 0 aliphatic carbocycles. The van der Waals surface area contributed by atoms with Crippen LogP contribution in [-0.4, -0.2) is 31.4 Å². The van der Waals surface area contributed by atoms with Gasteiger partial charge in [0, 0.05) is 23.4 Å². The second kappa shape index (κ2) is 8.46. The lowest BCUT2D eigenvalue weighted by Gasteiger charge is -2.12. The van der Waals surface area contributed by atoms with Gasteiger partial charge in [0.15, 0.2) is 10.3 Å². The summed E-state index contributed by atoms with van der Waals surface area (Å²) in [6, 6.07) is 10.2. The maximum Gasteiger partial charge on any atom is 0.236 e. The molecule has 0 radical (unpaired) electrons. The molecule has 0 saturated heterocycles. The van der Waals surface area contributed by atoms with Gasteiger partial charge in [0.1, 0.15) is 5.82 Å². The number of anilines is 1. The van der Waals surface area contributed by atoms with Crippen LogP contribution in [-0.2, 0) is 11.2 Å². The minimum Gasteiger partial charge on any atom is -0.303 e. The van der Waals surface area contributed by atoms with E-state index in [9.17, 15) is 4.79 Å². The second-order valence-corrected chi connectivity index (χ2v) is 7.76. The Morgan fingerprint density at radius 2 is 2.04 bits per heavy atom. The minimum absolute atomic E-state index is 0.0969. The highest BCUT2D eigenvalue weighted by molar-refractivity contribution is 7.99. The maximum atomic E-state index is 12.3. The Labute approximate surface area is 161 Å². The quantitative estimate of drug-likeness (QED) is 0.613. The molecule has 26 heavy (non-hydrogen) atoms. The monoisotopic (exact) mass is 387 g/mol. The van der Waals surface area contributed by atoms with Crippen molar-refractivity contribution in [3.05, 3.63) is 41.5 Å². The van der Waals surface area contributed by atoms with E-state index in [2.05, 4.69) is 45.8 Å². The van der Waals surface area contributed by atoms with Crippen molar-refractivity contribution in [3.63, 3.8) is 0 Å². The van der Waals surface area contributed by atoms with Crippen LogP contribution in [0.4, 0.5) is 5.13 Å². The van der Waals surface area contributed by atoms with E-state index in [-0.39, 0.29) is 17.7 Å². The van der Waals surface area contributed by atoms with Gasteiger partial charge in [0.25, 0.3) is 0 Å². The molecule has 136 valence electrons. The third kappa shape index (κ3) is 4.31. The number of rotatable bonds is 7. The van der Waals surface area contributed by atoms with Crippen LogP contribution in [0.1, 0.15) is 32.6 Å². The molecule has 0 fully saturated rings. The van der Waals surface area contributed by atoms with Crippen LogP contribution in [0.25, 0.3) is 11.3 Å². The smallest absolute Gasteiger partial charge is 0.236 e. The van der Waals surface area contributed by atoms with Gasteiger partial charge in [-0.15, -0.1) is 21.5 Å². The largest absolute Gasteiger partial charge is 0.303 e. The van der Waals surface area contributed by atoms with Crippen LogP contribution >= 0.6 is 23.1 Å². The van der Waals surface area contributed by atoms with Crippen molar-refractivity contribution in [2.24, 2.45) is 0 Å². The number of nitrogens with one attached hydrogen (secondary N) is 1. The van der Waals surface area contributed by atoms with Gasteiger partial charge >= 0.3 is 0 Å². The first-order valence-corrected chi connectivity index (χ1v) is 10.3. The summed E-state index contributed by atoms with van der Waals surface area (Å²) in [6.07, 6.45) is 0.819. The summed E-state index contributed by atoms with van der Waals surface area (Å²) in [5.74, 6) is 1.12. The standard InChI is InChI=1S/C18H21N5OS2/c1-4-15-21-22-18(23(15)12(2)3)26-11-16(24)20-17-19-14(10-25-17)13-8-6-5-7-9-13/h5-10,12H,4,11H2,1-3H3,(H,19,20,24). The second-order valence-electron chi connectivity index (χ2n) is 5.96. The molecule has 2 heterocycles. The summed E-state index contributed by atoms with van der Waals surface area (Å²) in [5, 5.41) is 14.6. The van der Waals surface area contributed by atoms with Gasteiger partial charge in [-0.3, -0.25) is 4.79 Å². The summed E-state index contributed by atoms with van der Waals surface area (Å²) in [6.45, 7) is 6.23. The van der Waals surface area contributed by atoms with Crippen LogP contribution in [0.15, 0.2) is 40.9 Å². The summed E-state index contributed by atoms with van der Waals surface area (Å²) < 4.78 is 2.08. The number of nitrogens with zero attached hydrogens (tertiary/aromatic N) is 4. The SMILES string of the molecule is CCc1nnc(SCC(=O)Nc2nc(-c3ccccc3)cs2)n1C(C)C. The predicted molar refractivity (Wildman–Crippen MR) is 107 cm³/mol. The van der Waals surface area contributed by atoms with E-state index in [0.717, 1.165) is 28.7 Å². The molecule has 0 atom stereocenters. The van der Waals surface area contributed by atoms with E-state index in [1.54, 1.807) is 0 Å². The Morgan fingerprint density at radius 1 is 1.27 bits per heavy atom. The Hall–Kier alpha value is -2.19. The highest BCUT2D eigenvalue weighted by atomic mass is 32.2. The van der Waals surface area contributed by atoms with Gasteiger partial charge in [0.2, 0.25) is 5.91 Å². The fraction of sp³-hybridized carbons (Fsp3) is 0.333. The molecular weight excluding hydrogens is 366 g/mol. The third-order valence-electron chi connectivity index (χ3n) is 3.72. The molecule has 0 saturated carbocycles. The molecule has 1 amide bonds. The Bertz CT molecular complexity index is 873. The van der Waals surface area contributed by atoms with E-state index < -0.39 is 0 Å². The molecule has 8 heteroatoms. The zero-order valence-electron chi connectivity index (χ0n) is 15.0. The first-order chi connectivity index (χ1) is 12.6. The molecule has 3 rings (SSSR count). The summed E-state index contributed by atoms with van der Waals surface area (Å²) in [5.41, 5.74) is 1.90. The van der Waals surface area contributed by atoms with Crippen LogP contribution in [0.5, 0.6) is 0 Å². The molecule has 1 aromatic carbocycles. The van der Waals surface area contributed by atoms with Crippen LogP contribution in [0.2, 0.25) is 0 Å². The number of carbonyl (C=O) groups excluding carboxylic acids is 1. The van der Waals surface area contributed by atoms with E-state index in [1.165, 1.54) is 23.1 Å². The number of amides is 1. The molecule has 0 aliphatic heterocycles. The Balaban J connectivity index is 1.60. The molecule has 0 aliphatic rings. The molecule has 0 unspecified atom stereocenters. The number of benzene rings is 1. The number of hydrogen-bond donors (Lipinski definition) is 1. The first kappa shape index (κ1) is 18.6. The summed E-state index contributed by atoms with van der Waals surface area (Å²) in [4.78, 5) is 16.7. The summed E-state index contributed by atoms with van der Waals surface area (Å²) >= 11 is 2.82. The van der Waals surface area contributed by atoms with Crippen molar-refractivity contribution in [2.45, 2.75) is 38.4 Å². The lowest BCUT2D eigenvalue weighted by Crippen LogP contribution is -2.15. The molecule has 3 aromatic rings. The molecule has 0 bridgehead atoms. The highest BCUT2D eigenvalue weighted by Crippen LogP contribution is 2.25. The lowest BCUT2D eigenvalue weighted by molar-refractivity contribution is -0.113. The van der Waals surface area contributed by atoms with Crippen molar-refractivity contribution >= 4 is 34.1 Å². The van der Waals surface area contributed by atoms with Gasteiger partial charge in [-0.05, 0) is 13.8 Å². The number of carbonyl (C=O) groups is 1. The van der Waals surface area contributed by atoms with Gasteiger partial charge < -0.3 is 9.88 Å². The molecule has 1 N–H and O–H groups in total. The van der Waals surface area contributed by atoms with Crippen molar-refractivity contribution < 1.29 is 4.79 Å².